The van der Waals surface area contributed by atoms with Crippen molar-refractivity contribution < 1.29 is 9.53 Å². The molecule has 1 aliphatic carbocycles. The predicted molar refractivity (Wildman–Crippen MR) is 92.3 cm³/mol. The van der Waals surface area contributed by atoms with Crippen LogP contribution in [0.5, 0.6) is 0 Å². The van der Waals surface area contributed by atoms with Gasteiger partial charge in [0.15, 0.2) is 0 Å². The summed E-state index contributed by atoms with van der Waals surface area (Å²) in [6, 6.07) is 0.883. The first-order chi connectivity index (χ1) is 11.3. The fraction of sp³-hybridized carbons (Fsp3) is 0.947. The quantitative estimate of drug-likeness (QED) is 0.817. The van der Waals surface area contributed by atoms with Gasteiger partial charge in [0.2, 0.25) is 5.91 Å². The Kier molecular flexibility index (Phi) is 6.76. The van der Waals surface area contributed by atoms with Gasteiger partial charge in [-0.2, -0.15) is 0 Å². The van der Waals surface area contributed by atoms with Crippen molar-refractivity contribution in [3.05, 3.63) is 0 Å². The number of amides is 1. The van der Waals surface area contributed by atoms with Crippen LogP contribution in [0.2, 0.25) is 0 Å². The molecule has 0 aromatic rings. The second-order valence-electron chi connectivity index (χ2n) is 7.84. The second-order valence-corrected chi connectivity index (χ2v) is 7.84. The zero-order chi connectivity index (χ0) is 15.9. The molecular formula is C19H34N2O2. The van der Waals surface area contributed by atoms with Crippen LogP contribution in [0.1, 0.15) is 64.2 Å². The normalized spacial score (nSPS) is 28.1. The number of carbonyl (C=O) groups is 1. The molecule has 132 valence electrons. The minimum absolute atomic E-state index is 0.226. The van der Waals surface area contributed by atoms with Crippen LogP contribution in [0, 0.1) is 11.8 Å². The van der Waals surface area contributed by atoms with Crippen molar-refractivity contribution in [2.24, 2.45) is 11.8 Å². The second kappa shape index (κ2) is 9.03. The highest BCUT2D eigenvalue weighted by Gasteiger charge is 2.27. The van der Waals surface area contributed by atoms with Crippen LogP contribution in [-0.4, -0.2) is 49.7 Å². The molecule has 4 nitrogen and oxygen atoms in total. The van der Waals surface area contributed by atoms with Crippen LogP contribution in [0.3, 0.4) is 0 Å². The van der Waals surface area contributed by atoms with Gasteiger partial charge in [0.1, 0.15) is 0 Å². The van der Waals surface area contributed by atoms with E-state index in [2.05, 4.69) is 10.2 Å². The van der Waals surface area contributed by atoms with Crippen LogP contribution in [0.4, 0.5) is 0 Å². The summed E-state index contributed by atoms with van der Waals surface area (Å²) in [7, 11) is 0. The molecule has 1 amide bonds. The van der Waals surface area contributed by atoms with Gasteiger partial charge in [-0.15, -0.1) is 0 Å². The number of carbonyl (C=O) groups excluding carboxylic acids is 1. The van der Waals surface area contributed by atoms with E-state index in [0.29, 0.717) is 12.3 Å². The van der Waals surface area contributed by atoms with E-state index in [1.165, 1.54) is 51.6 Å². The molecule has 4 heteroatoms. The summed E-state index contributed by atoms with van der Waals surface area (Å²) in [5.41, 5.74) is 0. The molecule has 2 heterocycles. The summed E-state index contributed by atoms with van der Waals surface area (Å²) in [6.45, 7) is 5.07. The summed E-state index contributed by atoms with van der Waals surface area (Å²) in [4.78, 5) is 14.7. The zero-order valence-corrected chi connectivity index (χ0v) is 14.6. The minimum atomic E-state index is 0.226. The van der Waals surface area contributed by atoms with Crippen LogP contribution >= 0.6 is 0 Å². The number of nitrogens with one attached hydrogen (secondary N) is 1. The number of hydrogen-bond donors (Lipinski definition) is 1. The smallest absolute Gasteiger partial charge is 0.220 e. The Hall–Kier alpha value is -0.610. The number of nitrogens with zero attached hydrogens (tertiary/aromatic N) is 1. The van der Waals surface area contributed by atoms with E-state index in [9.17, 15) is 4.79 Å². The van der Waals surface area contributed by atoms with E-state index in [4.69, 9.17) is 4.74 Å². The van der Waals surface area contributed by atoms with Gasteiger partial charge in [0, 0.05) is 32.2 Å². The lowest BCUT2D eigenvalue weighted by Crippen LogP contribution is -2.40. The highest BCUT2D eigenvalue weighted by atomic mass is 16.5. The lowest BCUT2D eigenvalue weighted by atomic mass is 9.92. The lowest BCUT2D eigenvalue weighted by molar-refractivity contribution is -0.123. The van der Waals surface area contributed by atoms with Gasteiger partial charge in [0.25, 0.3) is 0 Å². The molecule has 0 aromatic carbocycles. The first-order valence-electron chi connectivity index (χ1n) is 9.90. The van der Waals surface area contributed by atoms with Crippen molar-refractivity contribution in [3.63, 3.8) is 0 Å². The van der Waals surface area contributed by atoms with Crippen molar-refractivity contribution >= 4 is 5.91 Å². The van der Waals surface area contributed by atoms with Crippen LogP contribution in [0.15, 0.2) is 0 Å². The van der Waals surface area contributed by atoms with Gasteiger partial charge in [-0.25, -0.2) is 0 Å². The van der Waals surface area contributed by atoms with E-state index in [0.717, 1.165) is 51.0 Å². The lowest BCUT2D eigenvalue weighted by Gasteiger charge is -2.36. The number of ether oxygens (including phenoxy) is 1. The van der Waals surface area contributed by atoms with Gasteiger partial charge in [0.05, 0.1) is 0 Å². The molecule has 3 aliphatic rings. The highest BCUT2D eigenvalue weighted by Crippen LogP contribution is 2.28. The third-order valence-corrected chi connectivity index (χ3v) is 6.09. The third-order valence-electron chi connectivity index (χ3n) is 6.09. The first-order valence-corrected chi connectivity index (χ1v) is 9.90. The van der Waals surface area contributed by atoms with Gasteiger partial charge in [-0.3, -0.25) is 4.79 Å². The van der Waals surface area contributed by atoms with Crippen LogP contribution in [-0.2, 0) is 9.53 Å². The largest absolute Gasteiger partial charge is 0.381 e. The van der Waals surface area contributed by atoms with Crippen molar-refractivity contribution in [2.45, 2.75) is 70.3 Å². The molecule has 1 atom stereocenters. The molecule has 0 radical (unpaired) electrons. The Morgan fingerprint density at radius 3 is 2.48 bits per heavy atom. The van der Waals surface area contributed by atoms with E-state index in [-0.39, 0.29) is 5.91 Å². The molecule has 23 heavy (non-hydrogen) atoms. The number of likely N-dealkylation sites (tertiary alicyclic amines) is 1. The molecule has 0 spiro atoms. The maximum atomic E-state index is 12.0. The number of hydrogen-bond acceptors (Lipinski definition) is 3. The summed E-state index contributed by atoms with van der Waals surface area (Å²) >= 11 is 0. The molecule has 1 saturated carbocycles. The van der Waals surface area contributed by atoms with Crippen molar-refractivity contribution in [2.75, 3.05) is 32.8 Å². The molecule has 3 fully saturated rings. The third kappa shape index (κ3) is 5.46. The predicted octanol–water partition coefficient (Wildman–Crippen LogP) is 2.96. The highest BCUT2D eigenvalue weighted by molar-refractivity contribution is 5.76. The first kappa shape index (κ1) is 17.2. The topological polar surface area (TPSA) is 41.6 Å². The van der Waals surface area contributed by atoms with Gasteiger partial charge >= 0.3 is 0 Å². The molecule has 0 aromatic heterocycles. The maximum absolute atomic E-state index is 12.0. The fourth-order valence-corrected chi connectivity index (χ4v) is 4.59. The monoisotopic (exact) mass is 322 g/mol. The van der Waals surface area contributed by atoms with E-state index >= 15 is 0 Å². The van der Waals surface area contributed by atoms with E-state index in [1.807, 2.05) is 0 Å². The van der Waals surface area contributed by atoms with Crippen LogP contribution in [0.25, 0.3) is 0 Å². The van der Waals surface area contributed by atoms with Crippen molar-refractivity contribution in [3.8, 4) is 0 Å². The van der Waals surface area contributed by atoms with Crippen molar-refractivity contribution in [1.82, 2.24) is 10.2 Å². The fourth-order valence-electron chi connectivity index (χ4n) is 4.59. The molecule has 3 rings (SSSR count). The van der Waals surface area contributed by atoms with Gasteiger partial charge in [-0.05, 0) is 69.9 Å². The molecule has 2 saturated heterocycles. The molecule has 1 N–H and O–H groups in total. The van der Waals surface area contributed by atoms with Crippen molar-refractivity contribution in [1.29, 1.82) is 0 Å². The van der Waals surface area contributed by atoms with Gasteiger partial charge < -0.3 is 15.0 Å². The number of piperidine rings is 1. The van der Waals surface area contributed by atoms with Gasteiger partial charge in [-0.1, -0.05) is 12.8 Å². The summed E-state index contributed by atoms with van der Waals surface area (Å²) in [5.74, 6) is 1.48. The Morgan fingerprint density at radius 1 is 1.00 bits per heavy atom. The maximum Gasteiger partial charge on any atom is 0.220 e. The van der Waals surface area contributed by atoms with E-state index in [1.54, 1.807) is 0 Å². The SMILES string of the molecule is O=C(CC1CCCOC1)NCCC1CCN(C2CCCC2)CC1. The van der Waals surface area contributed by atoms with Crippen LogP contribution < -0.4 is 5.32 Å². The Labute approximate surface area is 141 Å². The minimum Gasteiger partial charge on any atom is -0.381 e. The standard InChI is InChI=1S/C19H34N2O2/c22-19(14-17-4-3-13-23-15-17)20-10-7-16-8-11-21(12-9-16)18-5-1-2-6-18/h16-18H,1-15H2,(H,20,22). The Morgan fingerprint density at radius 2 is 1.78 bits per heavy atom. The summed E-state index contributed by atoms with van der Waals surface area (Å²) in [6.07, 6.45) is 12.4. The Balaban J connectivity index is 1.25. The average molecular weight is 322 g/mol. The zero-order valence-electron chi connectivity index (χ0n) is 14.6. The molecule has 0 bridgehead atoms. The average Bonchev–Trinajstić information content (AvgIpc) is 3.11. The molecule has 2 aliphatic heterocycles. The number of rotatable bonds is 6. The molecule has 1 unspecified atom stereocenters. The Bertz CT molecular complexity index is 354. The summed E-state index contributed by atoms with van der Waals surface area (Å²) in [5, 5.41) is 3.14. The van der Waals surface area contributed by atoms with E-state index < -0.39 is 0 Å². The molecular weight excluding hydrogens is 288 g/mol. The summed E-state index contributed by atoms with van der Waals surface area (Å²) < 4.78 is 5.45.